The zero-order valence-corrected chi connectivity index (χ0v) is 16.6. The summed E-state index contributed by atoms with van der Waals surface area (Å²) in [5, 5.41) is 6.10. The Morgan fingerprint density at radius 1 is 1.00 bits per heavy atom. The largest absolute Gasteiger partial charge is 0.454 e. The van der Waals surface area contributed by atoms with Crippen molar-refractivity contribution in [1.82, 2.24) is 15.3 Å². The first-order chi connectivity index (χ1) is 14.0. The quantitative estimate of drug-likeness (QED) is 0.689. The Hall–Kier alpha value is -3.61. The van der Waals surface area contributed by atoms with Gasteiger partial charge in [-0.2, -0.15) is 0 Å². The molecule has 0 fully saturated rings. The van der Waals surface area contributed by atoms with Gasteiger partial charge in [-0.3, -0.25) is 4.79 Å². The zero-order valence-electron chi connectivity index (χ0n) is 16.6. The number of carbonyl (C=O) groups excluding carboxylic acids is 1. The number of anilines is 2. The van der Waals surface area contributed by atoms with Gasteiger partial charge in [-0.25, -0.2) is 9.97 Å². The molecule has 0 saturated carbocycles. The molecule has 7 nitrogen and oxygen atoms in total. The minimum absolute atomic E-state index is 0.227. The first kappa shape index (κ1) is 18.7. The van der Waals surface area contributed by atoms with Crippen LogP contribution in [0.4, 0.5) is 11.6 Å². The number of hydrogen-bond acceptors (Lipinski definition) is 6. The van der Waals surface area contributed by atoms with E-state index < -0.39 is 0 Å². The summed E-state index contributed by atoms with van der Waals surface area (Å²) < 4.78 is 10.6. The number of nitrogens with one attached hydrogen (secondary N) is 2. The van der Waals surface area contributed by atoms with E-state index in [2.05, 4.69) is 39.7 Å². The lowest BCUT2D eigenvalue weighted by molar-refractivity contribution is 0.0950. The molecule has 1 aliphatic rings. The summed E-state index contributed by atoms with van der Waals surface area (Å²) in [5.41, 5.74) is 5.76. The Labute approximate surface area is 169 Å². The van der Waals surface area contributed by atoms with Gasteiger partial charge in [0.05, 0.1) is 5.56 Å². The van der Waals surface area contributed by atoms with Gasteiger partial charge in [0, 0.05) is 24.6 Å². The molecule has 2 aromatic carbocycles. The van der Waals surface area contributed by atoms with E-state index in [1.807, 2.05) is 32.0 Å². The minimum atomic E-state index is -0.239. The van der Waals surface area contributed by atoms with Crippen molar-refractivity contribution in [3.8, 4) is 11.5 Å². The molecular formula is C22H22N4O3. The molecule has 1 amide bonds. The molecule has 7 heteroatoms. The van der Waals surface area contributed by atoms with Gasteiger partial charge in [-0.1, -0.05) is 23.8 Å². The Kier molecular flexibility index (Phi) is 5.03. The predicted molar refractivity (Wildman–Crippen MR) is 110 cm³/mol. The van der Waals surface area contributed by atoms with Gasteiger partial charge >= 0.3 is 0 Å². The van der Waals surface area contributed by atoms with Crippen LogP contribution >= 0.6 is 0 Å². The fourth-order valence-electron chi connectivity index (χ4n) is 3.33. The molecule has 3 aromatic rings. The molecule has 0 unspecified atom stereocenters. The number of hydrogen-bond donors (Lipinski definition) is 2. The third-order valence-electron chi connectivity index (χ3n) is 4.72. The van der Waals surface area contributed by atoms with E-state index in [4.69, 9.17) is 9.47 Å². The van der Waals surface area contributed by atoms with E-state index in [9.17, 15) is 4.79 Å². The lowest BCUT2D eigenvalue weighted by Gasteiger charge is -2.12. The SMILES string of the molecule is Cc1cc(C)c(Nc2ncc(C(=O)NCc3ccc4c(c3)OCO4)cn2)c(C)c1. The number of ether oxygens (including phenoxy) is 2. The van der Waals surface area contributed by atoms with E-state index in [-0.39, 0.29) is 12.7 Å². The molecule has 29 heavy (non-hydrogen) atoms. The van der Waals surface area contributed by atoms with Gasteiger partial charge in [0.25, 0.3) is 5.91 Å². The Morgan fingerprint density at radius 2 is 1.69 bits per heavy atom. The minimum Gasteiger partial charge on any atom is -0.454 e. The fourth-order valence-corrected chi connectivity index (χ4v) is 3.33. The second-order valence-electron chi connectivity index (χ2n) is 7.06. The summed E-state index contributed by atoms with van der Waals surface area (Å²) in [6.07, 6.45) is 3.03. The molecule has 0 atom stereocenters. The van der Waals surface area contributed by atoms with Gasteiger partial charge in [-0.05, 0) is 49.6 Å². The van der Waals surface area contributed by atoms with Gasteiger partial charge in [0.2, 0.25) is 12.7 Å². The molecular weight excluding hydrogens is 368 g/mol. The van der Waals surface area contributed by atoms with Gasteiger partial charge in [0.15, 0.2) is 11.5 Å². The summed E-state index contributed by atoms with van der Waals surface area (Å²) in [6.45, 7) is 6.75. The van der Waals surface area contributed by atoms with Crippen molar-refractivity contribution in [3.05, 3.63) is 70.5 Å². The number of fused-ring (bicyclic) bond motifs is 1. The lowest BCUT2D eigenvalue weighted by atomic mass is 10.1. The van der Waals surface area contributed by atoms with Crippen LogP contribution in [0.1, 0.15) is 32.6 Å². The van der Waals surface area contributed by atoms with Crippen LogP contribution in [0.2, 0.25) is 0 Å². The third kappa shape index (κ3) is 4.13. The zero-order chi connectivity index (χ0) is 20.4. The van der Waals surface area contributed by atoms with Crippen LogP contribution in [0.15, 0.2) is 42.7 Å². The van der Waals surface area contributed by atoms with E-state index in [1.165, 1.54) is 18.0 Å². The molecule has 0 aliphatic carbocycles. The Balaban J connectivity index is 1.39. The van der Waals surface area contributed by atoms with Crippen molar-refractivity contribution in [2.75, 3.05) is 12.1 Å². The summed E-state index contributed by atoms with van der Waals surface area (Å²) in [6, 6.07) is 9.80. The highest BCUT2D eigenvalue weighted by molar-refractivity contribution is 5.93. The van der Waals surface area contributed by atoms with E-state index >= 15 is 0 Å². The first-order valence-corrected chi connectivity index (χ1v) is 9.33. The van der Waals surface area contributed by atoms with Crippen molar-refractivity contribution in [2.45, 2.75) is 27.3 Å². The van der Waals surface area contributed by atoms with Gasteiger partial charge in [-0.15, -0.1) is 0 Å². The molecule has 4 rings (SSSR count). The van der Waals surface area contributed by atoms with Gasteiger partial charge < -0.3 is 20.1 Å². The number of aromatic nitrogens is 2. The van der Waals surface area contributed by atoms with Crippen molar-refractivity contribution in [1.29, 1.82) is 0 Å². The summed E-state index contributed by atoms with van der Waals surface area (Å²) in [7, 11) is 0. The van der Waals surface area contributed by atoms with E-state index in [1.54, 1.807) is 0 Å². The second-order valence-corrected chi connectivity index (χ2v) is 7.06. The molecule has 2 heterocycles. The van der Waals surface area contributed by atoms with E-state index in [0.717, 1.165) is 28.1 Å². The molecule has 0 bridgehead atoms. The number of carbonyl (C=O) groups is 1. The second kappa shape index (κ2) is 7.79. The highest BCUT2D eigenvalue weighted by Crippen LogP contribution is 2.32. The molecule has 0 spiro atoms. The summed E-state index contributed by atoms with van der Waals surface area (Å²) in [5.74, 6) is 1.62. The molecule has 2 N–H and O–H groups in total. The topological polar surface area (TPSA) is 85.4 Å². The van der Waals surface area contributed by atoms with Crippen LogP contribution in [-0.2, 0) is 6.54 Å². The normalized spacial score (nSPS) is 12.0. The Bertz CT molecular complexity index is 1040. The Morgan fingerprint density at radius 3 is 2.41 bits per heavy atom. The molecule has 1 aliphatic heterocycles. The standard InChI is InChI=1S/C22H22N4O3/c1-13-6-14(2)20(15(3)7-13)26-22-24-10-17(11-25-22)21(27)23-9-16-4-5-18-19(8-16)29-12-28-18/h4-8,10-11H,9,12H2,1-3H3,(H,23,27)(H,24,25,26). The maximum Gasteiger partial charge on any atom is 0.254 e. The predicted octanol–water partition coefficient (Wildman–Crippen LogP) is 3.80. The fraction of sp³-hybridized carbons (Fsp3) is 0.227. The lowest BCUT2D eigenvalue weighted by Crippen LogP contribution is -2.23. The molecule has 0 radical (unpaired) electrons. The number of rotatable bonds is 5. The van der Waals surface area contributed by atoms with Crippen LogP contribution in [0.5, 0.6) is 11.5 Å². The van der Waals surface area contributed by atoms with Crippen LogP contribution in [0.3, 0.4) is 0 Å². The van der Waals surface area contributed by atoms with Crippen molar-refractivity contribution in [3.63, 3.8) is 0 Å². The smallest absolute Gasteiger partial charge is 0.254 e. The molecule has 1 aromatic heterocycles. The number of nitrogens with zero attached hydrogens (tertiary/aromatic N) is 2. The maximum absolute atomic E-state index is 12.4. The summed E-state index contributed by atoms with van der Waals surface area (Å²) >= 11 is 0. The monoisotopic (exact) mass is 390 g/mol. The average Bonchev–Trinajstić information content (AvgIpc) is 3.17. The molecule has 0 saturated heterocycles. The molecule has 148 valence electrons. The number of aryl methyl sites for hydroxylation is 3. The van der Waals surface area contributed by atoms with Crippen LogP contribution in [0, 0.1) is 20.8 Å². The maximum atomic E-state index is 12.4. The number of amides is 1. The van der Waals surface area contributed by atoms with E-state index in [0.29, 0.717) is 23.8 Å². The van der Waals surface area contributed by atoms with Crippen molar-refractivity contribution < 1.29 is 14.3 Å². The highest BCUT2D eigenvalue weighted by Gasteiger charge is 2.14. The first-order valence-electron chi connectivity index (χ1n) is 9.33. The van der Waals surface area contributed by atoms with Crippen LogP contribution < -0.4 is 20.1 Å². The highest BCUT2D eigenvalue weighted by atomic mass is 16.7. The van der Waals surface area contributed by atoms with Crippen LogP contribution in [0.25, 0.3) is 0 Å². The average molecular weight is 390 g/mol. The van der Waals surface area contributed by atoms with Gasteiger partial charge in [0.1, 0.15) is 0 Å². The third-order valence-corrected chi connectivity index (χ3v) is 4.72. The van der Waals surface area contributed by atoms with Crippen LogP contribution in [-0.4, -0.2) is 22.7 Å². The summed E-state index contributed by atoms with van der Waals surface area (Å²) in [4.78, 5) is 21.0. The number of benzene rings is 2. The van der Waals surface area contributed by atoms with Crippen molar-refractivity contribution in [2.24, 2.45) is 0 Å². The van der Waals surface area contributed by atoms with Crippen molar-refractivity contribution >= 4 is 17.5 Å².